The molecule has 23 heavy (non-hydrogen) atoms. The molecule has 0 atom stereocenters. The molecule has 0 amide bonds. The summed E-state index contributed by atoms with van der Waals surface area (Å²) in [4.78, 5) is 11.6. The van der Waals surface area contributed by atoms with Gasteiger partial charge in [0.15, 0.2) is 11.6 Å². The number of hydrogen-bond donors (Lipinski definition) is 1. The smallest absolute Gasteiger partial charge is 0.310 e. The molecule has 0 heterocycles. The van der Waals surface area contributed by atoms with Gasteiger partial charge < -0.3 is 14.6 Å². The molecule has 0 radical (unpaired) electrons. The van der Waals surface area contributed by atoms with Crippen LogP contribution in [0.4, 0.5) is 4.39 Å². The largest absolute Gasteiger partial charge is 0.511 e. The number of aliphatic hydroxyl groups excluding tert-OH is 1. The minimum atomic E-state index is -0.563. The summed E-state index contributed by atoms with van der Waals surface area (Å²) in [5.41, 5.74) is 0.406. The Morgan fingerprint density at radius 3 is 2.65 bits per heavy atom. The number of halogens is 2. The molecule has 1 rings (SSSR count). The minimum Gasteiger partial charge on any atom is -0.511 e. The van der Waals surface area contributed by atoms with Gasteiger partial charge in [-0.25, -0.2) is 4.39 Å². The van der Waals surface area contributed by atoms with E-state index in [2.05, 4.69) is 15.9 Å². The maximum absolute atomic E-state index is 14.1. The Balaban J connectivity index is 3.11. The Hall–Kier alpha value is -1.82. The SMILES string of the molecule is CCOC(=O)Cc1cccc(F)c1O/C(=C/C(Br)=C(\C)O)CC. The molecule has 0 spiro atoms. The van der Waals surface area contributed by atoms with Gasteiger partial charge in [-0.1, -0.05) is 19.1 Å². The van der Waals surface area contributed by atoms with Crippen molar-refractivity contribution in [3.63, 3.8) is 0 Å². The van der Waals surface area contributed by atoms with Crippen LogP contribution in [0.3, 0.4) is 0 Å². The van der Waals surface area contributed by atoms with Crippen molar-refractivity contribution >= 4 is 21.9 Å². The van der Waals surface area contributed by atoms with Crippen molar-refractivity contribution in [3.05, 3.63) is 51.7 Å². The number of benzene rings is 1. The van der Waals surface area contributed by atoms with E-state index in [1.165, 1.54) is 19.1 Å². The number of aliphatic hydroxyl groups is 1. The lowest BCUT2D eigenvalue weighted by atomic mass is 10.1. The number of hydrogen-bond acceptors (Lipinski definition) is 4. The summed E-state index contributed by atoms with van der Waals surface area (Å²) in [7, 11) is 0. The molecule has 1 aromatic carbocycles. The number of esters is 1. The first kappa shape index (κ1) is 19.2. The van der Waals surface area contributed by atoms with Crippen LogP contribution >= 0.6 is 15.9 Å². The van der Waals surface area contributed by atoms with Crippen molar-refractivity contribution < 1.29 is 23.8 Å². The van der Waals surface area contributed by atoms with E-state index >= 15 is 0 Å². The second-order valence-corrected chi connectivity index (χ2v) is 5.56. The van der Waals surface area contributed by atoms with Crippen molar-refractivity contribution in [2.24, 2.45) is 0 Å². The topological polar surface area (TPSA) is 55.8 Å². The highest BCUT2D eigenvalue weighted by Crippen LogP contribution is 2.27. The standard InChI is InChI=1S/C17H20BrFO4/c1-4-13(10-14(18)11(3)20)23-17-12(7-6-8-15(17)19)9-16(21)22-5-2/h6-8,10,20H,4-5,9H2,1-3H3/b13-10+,14-11-. The van der Waals surface area contributed by atoms with Crippen molar-refractivity contribution in [1.82, 2.24) is 0 Å². The summed E-state index contributed by atoms with van der Waals surface area (Å²) in [6, 6.07) is 4.39. The van der Waals surface area contributed by atoms with Crippen LogP contribution in [0.5, 0.6) is 5.75 Å². The molecule has 0 bridgehead atoms. The number of carbonyl (C=O) groups excluding carboxylic acids is 1. The number of ether oxygens (including phenoxy) is 2. The summed E-state index contributed by atoms with van der Waals surface area (Å²) in [5.74, 6) is -0.492. The normalized spacial score (nSPS) is 12.7. The second kappa shape index (κ2) is 9.35. The molecule has 6 heteroatoms. The van der Waals surface area contributed by atoms with Gasteiger partial charge >= 0.3 is 5.97 Å². The molecule has 0 unspecified atom stereocenters. The fourth-order valence-electron chi connectivity index (χ4n) is 1.76. The molecule has 126 valence electrons. The van der Waals surface area contributed by atoms with Gasteiger partial charge in [-0.2, -0.15) is 0 Å². The first-order chi connectivity index (χ1) is 10.9. The van der Waals surface area contributed by atoms with Gasteiger partial charge in [-0.05, 0) is 41.9 Å². The van der Waals surface area contributed by atoms with Gasteiger partial charge in [0.1, 0.15) is 11.5 Å². The molecule has 0 aliphatic rings. The van der Waals surface area contributed by atoms with Crippen molar-refractivity contribution in [1.29, 1.82) is 0 Å². The molecule has 0 aliphatic heterocycles. The fraction of sp³-hybridized carbons (Fsp3) is 0.353. The predicted molar refractivity (Wildman–Crippen MR) is 90.0 cm³/mol. The molecule has 4 nitrogen and oxygen atoms in total. The lowest BCUT2D eigenvalue weighted by molar-refractivity contribution is -0.142. The first-order valence-electron chi connectivity index (χ1n) is 7.25. The summed E-state index contributed by atoms with van der Waals surface area (Å²) >= 11 is 3.20. The third kappa shape index (κ3) is 6.06. The average Bonchev–Trinajstić information content (AvgIpc) is 2.49. The lowest BCUT2D eigenvalue weighted by Gasteiger charge is -2.13. The van der Waals surface area contributed by atoms with Crippen LogP contribution in [-0.2, 0) is 16.0 Å². The van der Waals surface area contributed by atoms with E-state index in [9.17, 15) is 14.3 Å². The van der Waals surface area contributed by atoms with Crippen molar-refractivity contribution in [2.45, 2.75) is 33.6 Å². The molecule has 0 saturated carbocycles. The van der Waals surface area contributed by atoms with E-state index in [0.29, 0.717) is 22.2 Å². The van der Waals surface area contributed by atoms with Crippen LogP contribution in [0.1, 0.15) is 32.8 Å². The minimum absolute atomic E-state index is 0.00968. The summed E-state index contributed by atoms with van der Waals surface area (Å²) < 4.78 is 25.1. The van der Waals surface area contributed by atoms with E-state index in [1.54, 1.807) is 19.1 Å². The zero-order valence-corrected chi connectivity index (χ0v) is 14.9. The van der Waals surface area contributed by atoms with Crippen LogP contribution in [0.25, 0.3) is 0 Å². The maximum atomic E-state index is 14.1. The van der Waals surface area contributed by atoms with Gasteiger partial charge in [-0.3, -0.25) is 4.79 Å². The summed E-state index contributed by atoms with van der Waals surface area (Å²) in [6.07, 6.45) is 1.97. The molecule has 0 saturated heterocycles. The number of rotatable bonds is 7. The van der Waals surface area contributed by atoms with Crippen LogP contribution in [-0.4, -0.2) is 17.7 Å². The van der Waals surface area contributed by atoms with Crippen LogP contribution in [0, 0.1) is 5.82 Å². The molecule has 0 fully saturated rings. The van der Waals surface area contributed by atoms with E-state index in [1.807, 2.05) is 6.92 Å². The van der Waals surface area contributed by atoms with Gasteiger partial charge in [0.05, 0.1) is 17.5 Å². The highest BCUT2D eigenvalue weighted by Gasteiger charge is 2.15. The van der Waals surface area contributed by atoms with Crippen LogP contribution in [0.15, 0.2) is 40.3 Å². The lowest BCUT2D eigenvalue weighted by Crippen LogP contribution is -2.10. The van der Waals surface area contributed by atoms with Crippen LogP contribution < -0.4 is 4.74 Å². The predicted octanol–water partition coefficient (Wildman–Crippen LogP) is 4.79. The Morgan fingerprint density at radius 2 is 2.09 bits per heavy atom. The van der Waals surface area contributed by atoms with E-state index < -0.39 is 11.8 Å². The Labute approximate surface area is 143 Å². The number of carbonyl (C=O) groups is 1. The van der Waals surface area contributed by atoms with Crippen molar-refractivity contribution in [2.75, 3.05) is 6.61 Å². The second-order valence-electron chi connectivity index (χ2n) is 4.71. The Bertz CT molecular complexity index is 619. The fourth-order valence-corrected chi connectivity index (χ4v) is 2.01. The van der Waals surface area contributed by atoms with Gasteiger partial charge in [0.2, 0.25) is 0 Å². The molecule has 1 N–H and O–H groups in total. The number of allylic oxidation sites excluding steroid dienone is 4. The van der Waals surface area contributed by atoms with Crippen molar-refractivity contribution in [3.8, 4) is 5.75 Å². The molecular weight excluding hydrogens is 367 g/mol. The summed E-state index contributed by atoms with van der Waals surface area (Å²) in [5, 5.41) is 9.42. The van der Waals surface area contributed by atoms with Crippen LogP contribution in [0.2, 0.25) is 0 Å². The molecular formula is C17H20BrFO4. The maximum Gasteiger partial charge on any atom is 0.310 e. The quantitative estimate of drug-likeness (QED) is 0.415. The highest BCUT2D eigenvalue weighted by atomic mass is 79.9. The Kier molecular flexibility index (Phi) is 7.81. The zero-order valence-electron chi connectivity index (χ0n) is 13.4. The van der Waals surface area contributed by atoms with E-state index in [0.717, 1.165) is 0 Å². The molecule has 0 aliphatic carbocycles. The third-order valence-electron chi connectivity index (χ3n) is 2.90. The van der Waals surface area contributed by atoms with E-state index in [4.69, 9.17) is 9.47 Å². The third-order valence-corrected chi connectivity index (χ3v) is 3.71. The number of para-hydroxylation sites is 1. The van der Waals surface area contributed by atoms with Gasteiger partial charge in [0.25, 0.3) is 0 Å². The highest BCUT2D eigenvalue weighted by molar-refractivity contribution is 9.11. The van der Waals surface area contributed by atoms with E-state index in [-0.39, 0.29) is 24.5 Å². The monoisotopic (exact) mass is 386 g/mol. The Morgan fingerprint density at radius 1 is 1.39 bits per heavy atom. The van der Waals surface area contributed by atoms with Gasteiger partial charge in [-0.15, -0.1) is 0 Å². The molecule has 0 aromatic heterocycles. The summed E-state index contributed by atoms with van der Waals surface area (Å²) in [6.45, 7) is 5.33. The first-order valence-corrected chi connectivity index (χ1v) is 8.05. The molecule has 1 aromatic rings. The van der Waals surface area contributed by atoms with Gasteiger partial charge in [0, 0.05) is 12.0 Å². The zero-order chi connectivity index (χ0) is 17.4. The average molecular weight is 387 g/mol.